The van der Waals surface area contributed by atoms with E-state index < -0.39 is 5.97 Å². The number of likely N-dealkylation sites (tertiary alicyclic amines) is 1. The molecule has 1 aliphatic heterocycles. The first kappa shape index (κ1) is 10.5. The highest BCUT2D eigenvalue weighted by atomic mass is 16.4. The van der Waals surface area contributed by atoms with Gasteiger partial charge in [0.05, 0.1) is 5.92 Å². The average Bonchev–Trinajstić information content (AvgIpc) is 2.95. The van der Waals surface area contributed by atoms with Gasteiger partial charge in [-0.25, -0.2) is 0 Å². The summed E-state index contributed by atoms with van der Waals surface area (Å²) in [6.07, 6.45) is 3.31. The molecule has 1 aliphatic carbocycles. The number of carboxylic acids is 1. The Morgan fingerprint density at radius 1 is 1.40 bits per heavy atom. The Labute approximate surface area is 89.3 Å². The number of piperidine rings is 1. The Morgan fingerprint density at radius 2 is 2.07 bits per heavy atom. The van der Waals surface area contributed by atoms with Gasteiger partial charge >= 0.3 is 5.97 Å². The lowest BCUT2D eigenvalue weighted by Gasteiger charge is -2.32. The molecular weight excluding hydrogens is 194 g/mol. The van der Waals surface area contributed by atoms with Crippen molar-refractivity contribution in [2.24, 2.45) is 17.8 Å². The van der Waals surface area contributed by atoms with Crippen molar-refractivity contribution in [1.82, 2.24) is 4.90 Å². The van der Waals surface area contributed by atoms with Crippen molar-refractivity contribution in [3.8, 4) is 0 Å². The van der Waals surface area contributed by atoms with Gasteiger partial charge < -0.3 is 10.0 Å². The van der Waals surface area contributed by atoms with Crippen LogP contribution in [0, 0.1) is 17.8 Å². The molecule has 4 heteroatoms. The van der Waals surface area contributed by atoms with Gasteiger partial charge in [-0.2, -0.15) is 0 Å². The highest BCUT2D eigenvalue weighted by Crippen LogP contribution is 2.43. The molecule has 0 radical (unpaired) electrons. The van der Waals surface area contributed by atoms with Crippen LogP contribution in [0.2, 0.25) is 0 Å². The summed E-state index contributed by atoms with van der Waals surface area (Å²) in [6.45, 7) is 0.708. The van der Waals surface area contributed by atoms with Crippen molar-refractivity contribution >= 4 is 11.9 Å². The second kappa shape index (κ2) is 3.83. The van der Waals surface area contributed by atoms with E-state index in [4.69, 9.17) is 5.11 Å². The lowest BCUT2D eigenvalue weighted by atomic mass is 9.81. The molecule has 2 unspecified atom stereocenters. The third-order valence-electron chi connectivity index (χ3n) is 3.62. The number of nitrogens with zero attached hydrogens (tertiary/aromatic N) is 1. The third-order valence-corrected chi connectivity index (χ3v) is 3.62. The van der Waals surface area contributed by atoms with E-state index in [0.717, 1.165) is 19.3 Å². The smallest absolute Gasteiger partial charge is 0.307 e. The van der Waals surface area contributed by atoms with Crippen LogP contribution in [0.1, 0.15) is 25.7 Å². The predicted octanol–water partition coefficient (Wildman–Crippen LogP) is 0.966. The first-order valence-corrected chi connectivity index (χ1v) is 5.56. The van der Waals surface area contributed by atoms with Crippen LogP contribution in [0.4, 0.5) is 0 Å². The number of carbonyl (C=O) groups excluding carboxylic acids is 1. The van der Waals surface area contributed by atoms with E-state index in [1.165, 1.54) is 0 Å². The Balaban J connectivity index is 2.02. The highest BCUT2D eigenvalue weighted by Gasteiger charge is 2.43. The summed E-state index contributed by atoms with van der Waals surface area (Å²) in [6, 6.07) is 0. The summed E-state index contributed by atoms with van der Waals surface area (Å²) in [7, 11) is 1.78. The van der Waals surface area contributed by atoms with E-state index in [2.05, 4.69) is 0 Å². The maximum absolute atomic E-state index is 11.5. The van der Waals surface area contributed by atoms with Crippen LogP contribution in [0.3, 0.4) is 0 Å². The van der Waals surface area contributed by atoms with E-state index in [0.29, 0.717) is 18.9 Å². The molecule has 0 aromatic carbocycles. The lowest BCUT2D eigenvalue weighted by molar-refractivity contribution is -0.147. The van der Waals surface area contributed by atoms with Crippen LogP contribution in [0.5, 0.6) is 0 Å². The van der Waals surface area contributed by atoms with Gasteiger partial charge in [0.2, 0.25) is 5.91 Å². The van der Waals surface area contributed by atoms with E-state index in [9.17, 15) is 9.59 Å². The van der Waals surface area contributed by atoms with Gasteiger partial charge in [0, 0.05) is 20.0 Å². The van der Waals surface area contributed by atoms with E-state index in [1.807, 2.05) is 0 Å². The van der Waals surface area contributed by atoms with Gasteiger partial charge in [-0.1, -0.05) is 0 Å². The number of amides is 1. The second-order valence-electron chi connectivity index (χ2n) is 4.77. The van der Waals surface area contributed by atoms with Gasteiger partial charge in [0.15, 0.2) is 0 Å². The van der Waals surface area contributed by atoms with Crippen molar-refractivity contribution < 1.29 is 14.7 Å². The van der Waals surface area contributed by atoms with Gasteiger partial charge in [-0.05, 0) is 31.1 Å². The fourth-order valence-electron chi connectivity index (χ4n) is 2.52. The summed E-state index contributed by atoms with van der Waals surface area (Å²) < 4.78 is 0. The normalized spacial score (nSPS) is 29.0. The molecule has 0 spiro atoms. The minimum Gasteiger partial charge on any atom is -0.481 e. The number of hydrogen-bond acceptors (Lipinski definition) is 2. The number of hydrogen-bond donors (Lipinski definition) is 1. The Hall–Kier alpha value is -1.06. The van der Waals surface area contributed by atoms with Gasteiger partial charge in [0.1, 0.15) is 0 Å². The zero-order valence-corrected chi connectivity index (χ0v) is 8.98. The van der Waals surface area contributed by atoms with Crippen molar-refractivity contribution in [3.63, 3.8) is 0 Å². The summed E-state index contributed by atoms with van der Waals surface area (Å²) in [5.41, 5.74) is 0. The Bertz CT molecular complexity index is 286. The van der Waals surface area contributed by atoms with Crippen molar-refractivity contribution in [2.75, 3.05) is 13.6 Å². The van der Waals surface area contributed by atoms with E-state index >= 15 is 0 Å². The predicted molar refractivity (Wildman–Crippen MR) is 54.2 cm³/mol. The molecule has 4 nitrogen and oxygen atoms in total. The maximum Gasteiger partial charge on any atom is 0.307 e. The third kappa shape index (κ3) is 2.13. The molecule has 2 rings (SSSR count). The average molecular weight is 211 g/mol. The van der Waals surface area contributed by atoms with Crippen LogP contribution in [-0.2, 0) is 9.59 Å². The number of carbonyl (C=O) groups is 2. The van der Waals surface area contributed by atoms with Gasteiger partial charge in [-0.15, -0.1) is 0 Å². The Morgan fingerprint density at radius 3 is 2.53 bits per heavy atom. The largest absolute Gasteiger partial charge is 0.481 e. The standard InChI is InChI=1S/C11H17NO3/c1-12-5-4-8(6-9(12)13)10(11(14)15)7-2-3-7/h7-8,10H,2-6H2,1H3,(H,14,15). The van der Waals surface area contributed by atoms with Crippen LogP contribution >= 0.6 is 0 Å². The van der Waals surface area contributed by atoms with Crippen LogP contribution in [0.25, 0.3) is 0 Å². The number of rotatable bonds is 3. The van der Waals surface area contributed by atoms with Crippen LogP contribution < -0.4 is 0 Å². The molecule has 0 bridgehead atoms. The van der Waals surface area contributed by atoms with Crippen LogP contribution in [-0.4, -0.2) is 35.5 Å². The molecule has 84 valence electrons. The van der Waals surface area contributed by atoms with E-state index in [1.54, 1.807) is 11.9 Å². The first-order valence-electron chi connectivity index (χ1n) is 5.56. The zero-order valence-electron chi connectivity index (χ0n) is 8.98. The molecule has 2 fully saturated rings. The molecular formula is C11H17NO3. The molecule has 1 heterocycles. The molecule has 2 atom stereocenters. The molecule has 15 heavy (non-hydrogen) atoms. The fourth-order valence-corrected chi connectivity index (χ4v) is 2.52. The molecule has 1 saturated heterocycles. The second-order valence-corrected chi connectivity index (χ2v) is 4.77. The first-order chi connectivity index (χ1) is 7.09. The van der Waals surface area contributed by atoms with Crippen molar-refractivity contribution in [2.45, 2.75) is 25.7 Å². The molecule has 2 aliphatic rings. The molecule has 1 N–H and O–H groups in total. The monoisotopic (exact) mass is 211 g/mol. The maximum atomic E-state index is 11.5. The SMILES string of the molecule is CN1CCC(C(C(=O)O)C2CC2)CC1=O. The Kier molecular flexibility index (Phi) is 2.67. The molecule has 0 aromatic heterocycles. The molecule has 1 saturated carbocycles. The van der Waals surface area contributed by atoms with Gasteiger partial charge in [-0.3, -0.25) is 9.59 Å². The molecule has 1 amide bonds. The van der Waals surface area contributed by atoms with Crippen LogP contribution in [0.15, 0.2) is 0 Å². The number of carboxylic acid groups (broad SMARTS) is 1. The summed E-state index contributed by atoms with van der Waals surface area (Å²) in [4.78, 5) is 24.3. The van der Waals surface area contributed by atoms with Crippen molar-refractivity contribution in [3.05, 3.63) is 0 Å². The summed E-state index contributed by atoms with van der Waals surface area (Å²) in [5, 5.41) is 9.16. The molecule has 0 aromatic rings. The lowest BCUT2D eigenvalue weighted by Crippen LogP contribution is -2.40. The fraction of sp³-hybridized carbons (Fsp3) is 0.818. The quantitative estimate of drug-likeness (QED) is 0.756. The van der Waals surface area contributed by atoms with Gasteiger partial charge in [0.25, 0.3) is 0 Å². The summed E-state index contributed by atoms with van der Waals surface area (Å²) in [5.74, 6) is -0.483. The van der Waals surface area contributed by atoms with E-state index in [-0.39, 0.29) is 17.7 Å². The minimum atomic E-state index is -0.708. The van der Waals surface area contributed by atoms with Crippen molar-refractivity contribution in [1.29, 1.82) is 0 Å². The summed E-state index contributed by atoms with van der Waals surface area (Å²) >= 11 is 0. The number of aliphatic carboxylic acids is 1. The zero-order chi connectivity index (χ0) is 11.0. The highest BCUT2D eigenvalue weighted by molar-refractivity contribution is 5.79. The minimum absolute atomic E-state index is 0.0682. The topological polar surface area (TPSA) is 57.6 Å².